The highest BCUT2D eigenvalue weighted by Gasteiger charge is 2.06. The van der Waals surface area contributed by atoms with Gasteiger partial charge in [0.2, 0.25) is 0 Å². The maximum absolute atomic E-state index is 10.3. The molecule has 0 aromatic heterocycles. The van der Waals surface area contributed by atoms with Crippen LogP contribution in [0.25, 0.3) is 0 Å². The smallest absolute Gasteiger partial charge is 0.184 e. The molecule has 0 rings (SSSR count). The van der Waals surface area contributed by atoms with Crippen molar-refractivity contribution in [3.05, 3.63) is 12.7 Å². The molecular formula is C10H21NO2. The SMILES string of the molecule is C=CC(=O)C(O)CN.CCCCC. The third kappa shape index (κ3) is 11.3. The second-order valence-corrected chi connectivity index (χ2v) is 2.71. The molecule has 0 heterocycles. The minimum Gasteiger partial charge on any atom is -0.384 e. The molecule has 3 N–H and O–H groups in total. The van der Waals surface area contributed by atoms with E-state index in [9.17, 15) is 4.79 Å². The number of carbonyl (C=O) groups excluding carboxylic acids is 1. The van der Waals surface area contributed by atoms with Gasteiger partial charge in [-0.3, -0.25) is 4.79 Å². The Morgan fingerprint density at radius 1 is 1.54 bits per heavy atom. The molecule has 13 heavy (non-hydrogen) atoms. The summed E-state index contributed by atoms with van der Waals surface area (Å²) in [7, 11) is 0. The molecule has 0 radical (unpaired) electrons. The summed E-state index contributed by atoms with van der Waals surface area (Å²) in [5, 5.41) is 8.58. The van der Waals surface area contributed by atoms with Crippen molar-refractivity contribution in [1.82, 2.24) is 0 Å². The average molecular weight is 187 g/mol. The van der Waals surface area contributed by atoms with Gasteiger partial charge in [-0.15, -0.1) is 0 Å². The van der Waals surface area contributed by atoms with Gasteiger partial charge in [-0.05, 0) is 6.08 Å². The number of nitrogens with two attached hydrogens (primary N) is 1. The molecule has 0 bridgehead atoms. The van der Waals surface area contributed by atoms with Crippen molar-refractivity contribution in [3.8, 4) is 0 Å². The van der Waals surface area contributed by atoms with Gasteiger partial charge in [0.05, 0.1) is 0 Å². The molecule has 1 unspecified atom stereocenters. The lowest BCUT2D eigenvalue weighted by Gasteiger charge is -1.98. The van der Waals surface area contributed by atoms with Gasteiger partial charge in [-0.1, -0.05) is 39.7 Å². The normalized spacial score (nSPS) is 11.1. The fourth-order valence-corrected chi connectivity index (χ4v) is 0.606. The van der Waals surface area contributed by atoms with E-state index in [4.69, 9.17) is 10.8 Å². The van der Waals surface area contributed by atoms with E-state index >= 15 is 0 Å². The van der Waals surface area contributed by atoms with Crippen LogP contribution in [0.1, 0.15) is 33.1 Å². The largest absolute Gasteiger partial charge is 0.384 e. The van der Waals surface area contributed by atoms with Gasteiger partial charge >= 0.3 is 0 Å². The topological polar surface area (TPSA) is 63.3 Å². The first-order chi connectivity index (χ1) is 6.13. The third-order valence-electron chi connectivity index (χ3n) is 1.46. The highest BCUT2D eigenvalue weighted by Crippen LogP contribution is 1.88. The molecule has 0 aromatic rings. The van der Waals surface area contributed by atoms with Gasteiger partial charge < -0.3 is 10.8 Å². The Bertz CT molecular complexity index is 133. The van der Waals surface area contributed by atoms with Crippen molar-refractivity contribution in [1.29, 1.82) is 0 Å². The molecule has 0 saturated carbocycles. The zero-order valence-corrected chi connectivity index (χ0v) is 8.62. The molecule has 1 atom stereocenters. The molecule has 0 spiro atoms. The molecular weight excluding hydrogens is 166 g/mol. The summed E-state index contributed by atoms with van der Waals surface area (Å²) < 4.78 is 0. The molecule has 0 saturated heterocycles. The molecule has 0 aliphatic rings. The van der Waals surface area contributed by atoms with Gasteiger partial charge in [-0.25, -0.2) is 0 Å². The lowest BCUT2D eigenvalue weighted by atomic mass is 10.2. The Hall–Kier alpha value is -0.670. The monoisotopic (exact) mass is 187 g/mol. The number of aliphatic hydroxyl groups excluding tert-OH is 1. The fourth-order valence-electron chi connectivity index (χ4n) is 0.606. The standard InChI is InChI=1S/C5H9NO2.C5H12/c1-2-4(7)5(8)3-6;1-3-5-4-2/h2,5,8H,1,3,6H2;3-5H2,1-2H3. The minimum atomic E-state index is -1.06. The van der Waals surface area contributed by atoms with E-state index < -0.39 is 11.9 Å². The van der Waals surface area contributed by atoms with Crippen molar-refractivity contribution < 1.29 is 9.90 Å². The second kappa shape index (κ2) is 11.3. The van der Waals surface area contributed by atoms with Crippen LogP contribution in [-0.4, -0.2) is 23.5 Å². The summed E-state index contributed by atoms with van der Waals surface area (Å²) in [6.07, 6.45) is 4.07. The summed E-state index contributed by atoms with van der Waals surface area (Å²) in [4.78, 5) is 10.3. The molecule has 0 aliphatic carbocycles. The first kappa shape index (κ1) is 14.8. The van der Waals surface area contributed by atoms with E-state index in [0.29, 0.717) is 0 Å². The van der Waals surface area contributed by atoms with Crippen molar-refractivity contribution in [3.63, 3.8) is 0 Å². The Morgan fingerprint density at radius 3 is 2.08 bits per heavy atom. The summed E-state index contributed by atoms with van der Waals surface area (Å²) in [5.74, 6) is -0.424. The van der Waals surface area contributed by atoms with E-state index in [0.717, 1.165) is 6.08 Å². The third-order valence-corrected chi connectivity index (χ3v) is 1.46. The first-order valence-corrected chi connectivity index (χ1v) is 4.68. The summed E-state index contributed by atoms with van der Waals surface area (Å²) in [5.41, 5.74) is 4.93. The number of ketones is 1. The van der Waals surface area contributed by atoms with E-state index in [1.54, 1.807) is 0 Å². The molecule has 3 heteroatoms. The highest BCUT2D eigenvalue weighted by molar-refractivity contribution is 5.92. The lowest BCUT2D eigenvalue weighted by Crippen LogP contribution is -2.27. The Morgan fingerprint density at radius 2 is 2.00 bits per heavy atom. The average Bonchev–Trinajstić information content (AvgIpc) is 2.17. The van der Waals surface area contributed by atoms with Gasteiger partial charge in [0.25, 0.3) is 0 Å². The number of carbonyl (C=O) groups is 1. The van der Waals surface area contributed by atoms with E-state index in [1.165, 1.54) is 19.3 Å². The Kier molecular flexibility index (Phi) is 12.9. The van der Waals surface area contributed by atoms with Crippen LogP contribution in [0.5, 0.6) is 0 Å². The van der Waals surface area contributed by atoms with Gasteiger partial charge in [0.1, 0.15) is 6.10 Å². The van der Waals surface area contributed by atoms with Crippen molar-refractivity contribution >= 4 is 5.78 Å². The van der Waals surface area contributed by atoms with Crippen LogP contribution in [0, 0.1) is 0 Å². The van der Waals surface area contributed by atoms with Gasteiger partial charge in [0, 0.05) is 6.54 Å². The predicted octanol–water partition coefficient (Wildman–Crippen LogP) is 1.26. The fraction of sp³-hybridized carbons (Fsp3) is 0.700. The van der Waals surface area contributed by atoms with Crippen LogP contribution < -0.4 is 5.73 Å². The van der Waals surface area contributed by atoms with Crippen LogP contribution in [0.2, 0.25) is 0 Å². The molecule has 0 aromatic carbocycles. The zero-order chi connectivity index (χ0) is 10.7. The maximum atomic E-state index is 10.3. The van der Waals surface area contributed by atoms with Crippen LogP contribution >= 0.6 is 0 Å². The van der Waals surface area contributed by atoms with Gasteiger partial charge in [-0.2, -0.15) is 0 Å². The van der Waals surface area contributed by atoms with E-state index in [1.807, 2.05) is 0 Å². The van der Waals surface area contributed by atoms with Crippen LogP contribution in [0.4, 0.5) is 0 Å². The number of hydrogen-bond acceptors (Lipinski definition) is 3. The Labute approximate surface area is 80.6 Å². The summed E-state index contributed by atoms with van der Waals surface area (Å²) in [6, 6.07) is 0. The second-order valence-electron chi connectivity index (χ2n) is 2.71. The molecule has 0 aliphatic heterocycles. The molecule has 0 amide bonds. The number of hydrogen-bond donors (Lipinski definition) is 2. The first-order valence-electron chi connectivity index (χ1n) is 4.68. The van der Waals surface area contributed by atoms with Crippen molar-refractivity contribution in [2.75, 3.05) is 6.54 Å². The minimum absolute atomic E-state index is 0.0369. The number of rotatable bonds is 5. The van der Waals surface area contributed by atoms with Crippen LogP contribution in [0.3, 0.4) is 0 Å². The Balaban J connectivity index is 0. The van der Waals surface area contributed by atoms with Crippen LogP contribution in [-0.2, 0) is 4.79 Å². The van der Waals surface area contributed by atoms with Crippen molar-refractivity contribution in [2.24, 2.45) is 5.73 Å². The zero-order valence-electron chi connectivity index (χ0n) is 8.62. The molecule has 3 nitrogen and oxygen atoms in total. The summed E-state index contributed by atoms with van der Waals surface area (Å²) >= 11 is 0. The molecule has 78 valence electrons. The summed E-state index contributed by atoms with van der Waals surface area (Å²) in [6.45, 7) is 7.55. The van der Waals surface area contributed by atoms with Gasteiger partial charge in [0.15, 0.2) is 5.78 Å². The van der Waals surface area contributed by atoms with Crippen LogP contribution in [0.15, 0.2) is 12.7 Å². The molecule has 0 fully saturated rings. The predicted molar refractivity (Wildman–Crippen MR) is 55.5 cm³/mol. The van der Waals surface area contributed by atoms with E-state index in [2.05, 4.69) is 20.4 Å². The van der Waals surface area contributed by atoms with Crippen molar-refractivity contribution in [2.45, 2.75) is 39.2 Å². The quantitative estimate of drug-likeness (QED) is 0.637. The number of unbranched alkanes of at least 4 members (excludes halogenated alkanes) is 2. The van der Waals surface area contributed by atoms with E-state index in [-0.39, 0.29) is 6.54 Å². The maximum Gasteiger partial charge on any atom is 0.184 e. The number of aliphatic hydroxyl groups is 1. The highest BCUT2D eigenvalue weighted by atomic mass is 16.3. The lowest BCUT2D eigenvalue weighted by molar-refractivity contribution is -0.121.